The molecule has 5 nitrogen and oxygen atoms in total. The number of hydrogen-bond donors (Lipinski definition) is 3. The van der Waals surface area contributed by atoms with E-state index >= 15 is 0 Å². The van der Waals surface area contributed by atoms with Gasteiger partial charge in [-0.3, -0.25) is 9.59 Å². The monoisotopic (exact) mass is 499 g/mol. The molecule has 0 aliphatic carbocycles. The van der Waals surface area contributed by atoms with Crippen molar-refractivity contribution in [3.8, 4) is 0 Å². The number of rotatable bonds is 7. The van der Waals surface area contributed by atoms with Gasteiger partial charge in [0.15, 0.2) is 0 Å². The molecule has 4 aromatic rings. The smallest absolute Gasteiger partial charge is 0.255 e. The first-order chi connectivity index (χ1) is 17.4. The number of para-hydroxylation sites is 2. The minimum Gasteiger partial charge on any atom is -0.397 e. The molecule has 0 bridgehead atoms. The zero-order valence-corrected chi connectivity index (χ0v) is 19.9. The lowest BCUT2D eigenvalue weighted by Crippen LogP contribution is -2.24. The van der Waals surface area contributed by atoms with Crippen molar-refractivity contribution in [3.63, 3.8) is 0 Å². The maximum atomic E-state index is 14.3. The molecule has 0 radical (unpaired) electrons. The fraction of sp³-hybridized carbons (Fsp3) is 0.0345. The number of nitrogens with two attached hydrogens (primary N) is 1. The van der Waals surface area contributed by atoms with Crippen LogP contribution in [0.25, 0.3) is 11.6 Å². The van der Waals surface area contributed by atoms with Crippen molar-refractivity contribution in [1.82, 2.24) is 5.32 Å². The summed E-state index contributed by atoms with van der Waals surface area (Å²) in [4.78, 5) is 25.6. The molecule has 7 heteroatoms. The second-order valence-corrected chi connectivity index (χ2v) is 8.44. The Hall–Kier alpha value is -4.42. The van der Waals surface area contributed by atoms with Gasteiger partial charge in [0.2, 0.25) is 0 Å². The van der Waals surface area contributed by atoms with Gasteiger partial charge >= 0.3 is 0 Å². The van der Waals surface area contributed by atoms with Gasteiger partial charge in [0.25, 0.3) is 11.8 Å². The molecule has 0 fully saturated rings. The average molecular weight is 500 g/mol. The molecule has 0 unspecified atom stereocenters. The highest BCUT2D eigenvalue weighted by atomic mass is 35.5. The highest BCUT2D eigenvalue weighted by Gasteiger charge is 2.14. The number of amides is 2. The summed E-state index contributed by atoms with van der Waals surface area (Å²) >= 11 is 6.00. The molecule has 0 heterocycles. The van der Waals surface area contributed by atoms with E-state index in [4.69, 9.17) is 17.3 Å². The molecule has 4 aromatic carbocycles. The molecule has 0 spiro atoms. The third-order valence-electron chi connectivity index (χ3n) is 5.48. The molecule has 0 saturated carbocycles. The van der Waals surface area contributed by atoms with Crippen LogP contribution in [0.5, 0.6) is 0 Å². The maximum Gasteiger partial charge on any atom is 0.255 e. The van der Waals surface area contributed by atoms with Gasteiger partial charge in [-0.05, 0) is 59.7 Å². The summed E-state index contributed by atoms with van der Waals surface area (Å²) in [6.45, 7) is 0.217. The van der Waals surface area contributed by atoms with Crippen LogP contribution in [-0.4, -0.2) is 11.8 Å². The van der Waals surface area contributed by atoms with Crippen molar-refractivity contribution in [1.29, 1.82) is 0 Å². The molecule has 0 aliphatic rings. The predicted molar refractivity (Wildman–Crippen MR) is 143 cm³/mol. The molecule has 36 heavy (non-hydrogen) atoms. The Kier molecular flexibility index (Phi) is 7.78. The lowest BCUT2D eigenvalue weighted by Gasteiger charge is -2.11. The molecule has 0 aliphatic heterocycles. The molecule has 180 valence electrons. The number of anilines is 2. The summed E-state index contributed by atoms with van der Waals surface area (Å²) in [7, 11) is 0. The molecule has 0 aromatic heterocycles. The molecule has 0 atom stereocenters. The Labute approximate surface area is 213 Å². The Morgan fingerprint density at radius 3 is 2.17 bits per heavy atom. The fourth-order valence-electron chi connectivity index (χ4n) is 3.51. The third-order valence-corrected chi connectivity index (χ3v) is 5.74. The van der Waals surface area contributed by atoms with Gasteiger partial charge < -0.3 is 16.4 Å². The Bertz CT molecular complexity index is 1420. The second-order valence-electron chi connectivity index (χ2n) is 8.01. The lowest BCUT2D eigenvalue weighted by atomic mass is 10.0. The summed E-state index contributed by atoms with van der Waals surface area (Å²) in [5, 5.41) is 6.18. The standard InChI is InChI=1S/C29H23ClFN3O2/c30-23-15-13-20(14-16-23)24(17-22-5-1-2-6-25(22)31)29(36)33-18-19-9-11-21(12-10-19)28(35)34-27-8-4-3-7-26(27)32/h1-17H,18,32H2,(H,33,36)(H,34,35)/b24-17+. The Balaban J connectivity index is 1.47. The van der Waals surface area contributed by atoms with Gasteiger partial charge in [0.05, 0.1) is 11.4 Å². The maximum absolute atomic E-state index is 14.3. The van der Waals surface area contributed by atoms with Crippen LogP contribution in [0.2, 0.25) is 5.02 Å². The first kappa shape index (κ1) is 24.7. The van der Waals surface area contributed by atoms with E-state index in [1.54, 1.807) is 91.0 Å². The number of halogens is 2. The highest BCUT2D eigenvalue weighted by Crippen LogP contribution is 2.23. The van der Waals surface area contributed by atoms with E-state index in [0.29, 0.717) is 38.7 Å². The summed E-state index contributed by atoms with van der Waals surface area (Å²) in [5.41, 5.74) is 9.34. The van der Waals surface area contributed by atoms with Crippen LogP contribution in [0.4, 0.5) is 15.8 Å². The Morgan fingerprint density at radius 2 is 1.47 bits per heavy atom. The Morgan fingerprint density at radius 1 is 0.833 bits per heavy atom. The van der Waals surface area contributed by atoms with Crippen molar-refractivity contribution in [2.45, 2.75) is 6.54 Å². The highest BCUT2D eigenvalue weighted by molar-refractivity contribution is 6.31. The quantitative estimate of drug-likeness (QED) is 0.161. The van der Waals surface area contributed by atoms with Gasteiger partial charge in [-0.15, -0.1) is 0 Å². The van der Waals surface area contributed by atoms with Gasteiger partial charge in [0, 0.05) is 28.3 Å². The predicted octanol–water partition coefficient (Wildman–Crippen LogP) is 6.17. The topological polar surface area (TPSA) is 84.2 Å². The van der Waals surface area contributed by atoms with Crippen LogP contribution in [0.3, 0.4) is 0 Å². The van der Waals surface area contributed by atoms with Crippen molar-refractivity contribution in [3.05, 3.63) is 130 Å². The summed E-state index contributed by atoms with van der Waals surface area (Å²) in [6.07, 6.45) is 1.51. The van der Waals surface area contributed by atoms with Gasteiger partial charge in [-0.2, -0.15) is 0 Å². The number of carbonyl (C=O) groups is 2. The van der Waals surface area contributed by atoms with Gasteiger partial charge in [-0.25, -0.2) is 4.39 Å². The van der Waals surface area contributed by atoms with Crippen molar-refractivity contribution >= 4 is 46.4 Å². The first-order valence-electron chi connectivity index (χ1n) is 11.2. The summed E-state index contributed by atoms with van der Waals surface area (Å²) in [5.74, 6) is -1.09. The second kappa shape index (κ2) is 11.3. The summed E-state index contributed by atoms with van der Waals surface area (Å²) in [6, 6.07) is 26.9. The number of nitrogens with one attached hydrogen (secondary N) is 2. The first-order valence-corrected chi connectivity index (χ1v) is 11.5. The van der Waals surface area contributed by atoms with E-state index in [1.807, 2.05) is 0 Å². The number of benzene rings is 4. The van der Waals surface area contributed by atoms with E-state index in [-0.39, 0.29) is 18.4 Å². The van der Waals surface area contributed by atoms with Crippen LogP contribution < -0.4 is 16.4 Å². The van der Waals surface area contributed by atoms with E-state index in [1.165, 1.54) is 12.1 Å². The zero-order valence-electron chi connectivity index (χ0n) is 19.2. The van der Waals surface area contributed by atoms with E-state index in [9.17, 15) is 14.0 Å². The van der Waals surface area contributed by atoms with Gasteiger partial charge in [-0.1, -0.05) is 66.2 Å². The molecule has 0 saturated heterocycles. The zero-order chi connectivity index (χ0) is 25.5. The van der Waals surface area contributed by atoms with Crippen molar-refractivity contribution in [2.75, 3.05) is 11.1 Å². The minimum atomic E-state index is -0.428. The van der Waals surface area contributed by atoms with Crippen molar-refractivity contribution in [2.24, 2.45) is 0 Å². The van der Waals surface area contributed by atoms with E-state index < -0.39 is 5.82 Å². The van der Waals surface area contributed by atoms with E-state index in [0.717, 1.165) is 5.56 Å². The summed E-state index contributed by atoms with van der Waals surface area (Å²) < 4.78 is 14.3. The number of nitrogen functional groups attached to an aromatic ring is 1. The lowest BCUT2D eigenvalue weighted by molar-refractivity contribution is -0.115. The average Bonchev–Trinajstić information content (AvgIpc) is 2.89. The van der Waals surface area contributed by atoms with Crippen LogP contribution >= 0.6 is 11.6 Å². The molecule has 4 N–H and O–H groups in total. The number of carbonyl (C=O) groups excluding carboxylic acids is 2. The molecule has 2 amide bonds. The normalized spacial score (nSPS) is 11.1. The third kappa shape index (κ3) is 6.17. The fourth-order valence-corrected chi connectivity index (χ4v) is 3.64. The molecular formula is C29H23ClFN3O2. The molecular weight excluding hydrogens is 477 g/mol. The van der Waals surface area contributed by atoms with Crippen molar-refractivity contribution < 1.29 is 14.0 Å². The SMILES string of the molecule is Nc1ccccc1NC(=O)c1ccc(CNC(=O)/C(=C/c2ccccc2F)c2ccc(Cl)cc2)cc1. The minimum absolute atomic E-state index is 0.217. The van der Waals surface area contributed by atoms with Crippen LogP contribution in [-0.2, 0) is 11.3 Å². The van der Waals surface area contributed by atoms with E-state index in [2.05, 4.69) is 10.6 Å². The number of hydrogen-bond acceptors (Lipinski definition) is 3. The van der Waals surface area contributed by atoms with Gasteiger partial charge in [0.1, 0.15) is 5.82 Å². The largest absolute Gasteiger partial charge is 0.397 e. The molecule has 4 rings (SSSR count). The van der Waals surface area contributed by atoms with Crippen LogP contribution in [0, 0.1) is 5.82 Å². The van der Waals surface area contributed by atoms with Crippen LogP contribution in [0.1, 0.15) is 27.0 Å². The van der Waals surface area contributed by atoms with Crippen LogP contribution in [0.15, 0.2) is 97.1 Å².